The molecule has 0 unspecified atom stereocenters. The largest absolute Gasteiger partial charge is 0.0654 e. The molecule has 0 radical (unpaired) electrons. The molecule has 3 rings (SSSR count). The van der Waals surface area contributed by atoms with Crippen molar-refractivity contribution in [3.8, 4) is 0 Å². The summed E-state index contributed by atoms with van der Waals surface area (Å²) in [6.07, 6.45) is 17.1. The molecule has 0 heterocycles. The van der Waals surface area contributed by atoms with Crippen LogP contribution in [0.3, 0.4) is 0 Å². The van der Waals surface area contributed by atoms with Crippen LogP contribution in [0.2, 0.25) is 0 Å². The zero-order chi connectivity index (χ0) is 16.8. The normalized spacial score (nSPS) is 30.1. The van der Waals surface area contributed by atoms with Gasteiger partial charge in [0.15, 0.2) is 0 Å². The highest BCUT2D eigenvalue weighted by atomic mass is 14.3. The van der Waals surface area contributed by atoms with Crippen molar-refractivity contribution in [3.63, 3.8) is 0 Å². The smallest absolute Gasteiger partial charge is 0.0162 e. The van der Waals surface area contributed by atoms with Gasteiger partial charge in [-0.1, -0.05) is 63.8 Å². The SMILES string of the molecule is CCCC1CCC(c2ccc(CCC3CC(CCC)C3)cc2)CC1. The zero-order valence-corrected chi connectivity index (χ0v) is 16.1. The minimum absolute atomic E-state index is 0.841. The standard InChI is InChI=1S/C24H38/c1-3-5-19-9-13-23(14-10-19)24-15-11-20(12-16-24)7-8-22-17-21(18-22)6-4-2/h11-12,15-16,19,21-23H,3-10,13-14,17-18H2,1-2H3. The van der Waals surface area contributed by atoms with Crippen molar-refractivity contribution < 1.29 is 0 Å². The summed E-state index contributed by atoms with van der Waals surface area (Å²) < 4.78 is 0. The Morgan fingerprint density at radius 3 is 1.92 bits per heavy atom. The summed E-state index contributed by atoms with van der Waals surface area (Å²) in [7, 11) is 0. The Morgan fingerprint density at radius 2 is 1.29 bits per heavy atom. The molecule has 0 saturated heterocycles. The first-order valence-corrected chi connectivity index (χ1v) is 10.9. The fourth-order valence-corrected chi connectivity index (χ4v) is 5.27. The van der Waals surface area contributed by atoms with E-state index >= 15 is 0 Å². The number of hydrogen-bond donors (Lipinski definition) is 0. The molecule has 0 aliphatic heterocycles. The van der Waals surface area contributed by atoms with Crippen molar-refractivity contribution >= 4 is 0 Å². The van der Waals surface area contributed by atoms with E-state index in [2.05, 4.69) is 38.1 Å². The van der Waals surface area contributed by atoms with Gasteiger partial charge in [-0.05, 0) is 86.2 Å². The predicted octanol–water partition coefficient (Wildman–Crippen LogP) is 7.52. The van der Waals surface area contributed by atoms with Gasteiger partial charge in [0.2, 0.25) is 0 Å². The Balaban J connectivity index is 1.40. The van der Waals surface area contributed by atoms with Gasteiger partial charge in [0, 0.05) is 0 Å². The lowest BCUT2D eigenvalue weighted by Gasteiger charge is -2.35. The highest BCUT2D eigenvalue weighted by Crippen LogP contribution is 2.40. The molecular weight excluding hydrogens is 288 g/mol. The Labute approximate surface area is 150 Å². The molecule has 1 aromatic rings. The zero-order valence-electron chi connectivity index (χ0n) is 16.1. The molecule has 2 aliphatic carbocycles. The van der Waals surface area contributed by atoms with Crippen LogP contribution in [0.4, 0.5) is 0 Å². The van der Waals surface area contributed by atoms with E-state index in [0.717, 1.165) is 23.7 Å². The number of rotatable bonds is 8. The molecule has 0 spiro atoms. The second-order valence-corrected chi connectivity index (χ2v) is 8.78. The minimum atomic E-state index is 0.841. The molecule has 134 valence electrons. The van der Waals surface area contributed by atoms with Crippen LogP contribution in [0.25, 0.3) is 0 Å². The first kappa shape index (κ1) is 18.0. The van der Waals surface area contributed by atoms with Gasteiger partial charge in [-0.15, -0.1) is 0 Å². The highest BCUT2D eigenvalue weighted by molar-refractivity contribution is 5.26. The number of aryl methyl sites for hydroxylation is 1. The molecule has 0 aromatic heterocycles. The van der Waals surface area contributed by atoms with Gasteiger partial charge in [-0.3, -0.25) is 0 Å². The summed E-state index contributed by atoms with van der Waals surface area (Å²) in [6.45, 7) is 4.66. The number of hydrogen-bond acceptors (Lipinski definition) is 0. The minimum Gasteiger partial charge on any atom is -0.0654 e. The van der Waals surface area contributed by atoms with Gasteiger partial charge >= 0.3 is 0 Å². The third kappa shape index (κ3) is 4.87. The lowest BCUT2D eigenvalue weighted by molar-refractivity contribution is 0.170. The lowest BCUT2D eigenvalue weighted by atomic mass is 9.70. The fraction of sp³-hybridized carbons (Fsp3) is 0.750. The second-order valence-electron chi connectivity index (χ2n) is 8.78. The average Bonchev–Trinajstić information content (AvgIpc) is 2.58. The third-order valence-corrected chi connectivity index (χ3v) is 6.87. The second kappa shape index (κ2) is 9.07. The lowest BCUT2D eigenvalue weighted by Crippen LogP contribution is -2.23. The van der Waals surface area contributed by atoms with E-state index in [1.165, 1.54) is 77.0 Å². The van der Waals surface area contributed by atoms with Crippen molar-refractivity contribution in [1.29, 1.82) is 0 Å². The van der Waals surface area contributed by atoms with Crippen molar-refractivity contribution in [3.05, 3.63) is 35.4 Å². The van der Waals surface area contributed by atoms with Crippen molar-refractivity contribution in [2.75, 3.05) is 0 Å². The molecule has 0 nitrogen and oxygen atoms in total. The van der Waals surface area contributed by atoms with Crippen LogP contribution in [-0.4, -0.2) is 0 Å². The molecule has 0 N–H and O–H groups in total. The molecule has 0 heteroatoms. The maximum Gasteiger partial charge on any atom is -0.0162 e. The van der Waals surface area contributed by atoms with Gasteiger partial charge in [-0.25, -0.2) is 0 Å². The molecule has 0 amide bonds. The van der Waals surface area contributed by atoms with E-state index in [0.29, 0.717) is 0 Å². The summed E-state index contributed by atoms with van der Waals surface area (Å²) in [5.41, 5.74) is 3.18. The first-order valence-electron chi connectivity index (χ1n) is 10.9. The van der Waals surface area contributed by atoms with Gasteiger partial charge < -0.3 is 0 Å². The van der Waals surface area contributed by atoms with Crippen LogP contribution in [0.1, 0.15) is 102 Å². The van der Waals surface area contributed by atoms with Crippen molar-refractivity contribution in [1.82, 2.24) is 0 Å². The quantitative estimate of drug-likeness (QED) is 0.463. The van der Waals surface area contributed by atoms with Crippen LogP contribution in [0.5, 0.6) is 0 Å². The van der Waals surface area contributed by atoms with Crippen molar-refractivity contribution in [2.45, 2.75) is 96.8 Å². The van der Waals surface area contributed by atoms with Crippen LogP contribution in [-0.2, 0) is 6.42 Å². The van der Waals surface area contributed by atoms with Crippen molar-refractivity contribution in [2.24, 2.45) is 17.8 Å². The summed E-state index contributed by atoms with van der Waals surface area (Å²) in [6, 6.07) is 9.74. The van der Waals surface area contributed by atoms with E-state index in [1.807, 2.05) is 0 Å². The average molecular weight is 327 g/mol. The van der Waals surface area contributed by atoms with Crippen LogP contribution in [0.15, 0.2) is 24.3 Å². The third-order valence-electron chi connectivity index (χ3n) is 6.87. The maximum absolute atomic E-state index is 2.45. The van der Waals surface area contributed by atoms with Crippen LogP contribution < -0.4 is 0 Å². The molecule has 0 atom stereocenters. The fourth-order valence-electron chi connectivity index (χ4n) is 5.27. The van der Waals surface area contributed by atoms with Crippen LogP contribution >= 0.6 is 0 Å². The molecule has 1 aromatic carbocycles. The predicted molar refractivity (Wildman–Crippen MR) is 105 cm³/mol. The monoisotopic (exact) mass is 326 g/mol. The molecular formula is C24H38. The molecule has 2 saturated carbocycles. The Bertz CT molecular complexity index is 457. The maximum atomic E-state index is 2.45. The van der Waals surface area contributed by atoms with E-state index in [9.17, 15) is 0 Å². The Morgan fingerprint density at radius 1 is 0.708 bits per heavy atom. The summed E-state index contributed by atoms with van der Waals surface area (Å²) in [5.74, 6) is 3.94. The summed E-state index contributed by atoms with van der Waals surface area (Å²) in [4.78, 5) is 0. The van der Waals surface area contributed by atoms with E-state index in [4.69, 9.17) is 0 Å². The van der Waals surface area contributed by atoms with Gasteiger partial charge in [0.05, 0.1) is 0 Å². The van der Waals surface area contributed by atoms with E-state index in [-0.39, 0.29) is 0 Å². The van der Waals surface area contributed by atoms with Crippen LogP contribution in [0, 0.1) is 17.8 Å². The molecule has 24 heavy (non-hydrogen) atoms. The van der Waals surface area contributed by atoms with Gasteiger partial charge in [0.1, 0.15) is 0 Å². The molecule has 2 fully saturated rings. The topological polar surface area (TPSA) is 0 Å². The molecule has 0 bridgehead atoms. The Kier molecular flexibility index (Phi) is 6.81. The summed E-state index contributed by atoms with van der Waals surface area (Å²) in [5, 5.41) is 0. The Hall–Kier alpha value is -0.780. The van der Waals surface area contributed by atoms with E-state index in [1.54, 1.807) is 11.1 Å². The van der Waals surface area contributed by atoms with E-state index < -0.39 is 0 Å². The molecule has 2 aliphatic rings. The van der Waals surface area contributed by atoms with Gasteiger partial charge in [0.25, 0.3) is 0 Å². The first-order chi connectivity index (χ1) is 11.8. The van der Waals surface area contributed by atoms with Gasteiger partial charge in [-0.2, -0.15) is 0 Å². The summed E-state index contributed by atoms with van der Waals surface area (Å²) >= 11 is 0. The highest BCUT2D eigenvalue weighted by Gasteiger charge is 2.27. The number of benzene rings is 1.